The van der Waals surface area contributed by atoms with E-state index in [4.69, 9.17) is 25.8 Å². The van der Waals surface area contributed by atoms with Crippen molar-refractivity contribution in [2.45, 2.75) is 24.7 Å². The van der Waals surface area contributed by atoms with Crippen molar-refractivity contribution < 1.29 is 27.8 Å². The molecule has 0 spiro atoms. The van der Waals surface area contributed by atoms with E-state index >= 15 is 0 Å². The highest BCUT2D eigenvalue weighted by Gasteiger charge is 2.39. The largest absolute Gasteiger partial charge is 0.450 e. The summed E-state index contributed by atoms with van der Waals surface area (Å²) in [6.45, 7) is 0.784. The highest BCUT2D eigenvalue weighted by molar-refractivity contribution is 6.31. The van der Waals surface area contributed by atoms with Crippen LogP contribution in [0.5, 0.6) is 0 Å². The molecule has 4 nitrogen and oxygen atoms in total. The first-order valence-corrected chi connectivity index (χ1v) is 9.01. The average molecular weight is 411 g/mol. The van der Waals surface area contributed by atoms with E-state index in [1.807, 2.05) is 60.7 Å². The summed E-state index contributed by atoms with van der Waals surface area (Å²) in [6, 6.07) is 18.9. The van der Waals surface area contributed by atoms with Crippen LogP contribution >= 0.6 is 11.6 Å². The molecular weight excluding hydrogens is 390 g/mol. The third kappa shape index (κ3) is 8.61. The molecule has 7 heteroatoms. The lowest BCUT2D eigenvalue weighted by atomic mass is 10.2. The molecule has 0 saturated heterocycles. The van der Waals surface area contributed by atoms with Crippen molar-refractivity contribution in [1.82, 2.24) is 0 Å². The van der Waals surface area contributed by atoms with Crippen LogP contribution in [-0.4, -0.2) is 30.7 Å². The first-order chi connectivity index (χ1) is 13.4. The summed E-state index contributed by atoms with van der Waals surface area (Å²) in [5, 5.41) is -4.09. The van der Waals surface area contributed by atoms with Crippen molar-refractivity contribution in [3.8, 4) is 0 Å². The Morgan fingerprint density at radius 3 is 2.04 bits per heavy atom. The normalized spacial score (nSPS) is 12.8. The Hall–Kier alpha value is -2.28. The first-order valence-electron chi connectivity index (χ1n) is 8.63. The van der Waals surface area contributed by atoms with E-state index in [2.05, 4.69) is 0 Å². The molecule has 2 rings (SSSR count). The van der Waals surface area contributed by atoms with Crippen LogP contribution in [0.15, 0.2) is 72.8 Å². The van der Waals surface area contributed by atoms with Gasteiger partial charge in [-0.15, -0.1) is 0 Å². The Balaban J connectivity index is 1.82. The fourth-order valence-electron chi connectivity index (χ4n) is 2.23. The second kappa shape index (κ2) is 11.5. The zero-order valence-corrected chi connectivity index (χ0v) is 15.9. The molecule has 1 atom stereocenters. The Bertz CT molecular complexity index is 733. The number of carbonyl (C=O) groups excluding carboxylic acids is 1. The Kier molecular flexibility index (Phi) is 9.07. The molecule has 0 heterocycles. The van der Waals surface area contributed by atoms with Gasteiger partial charge in [-0.1, -0.05) is 66.7 Å². The number of alkyl halides is 3. The predicted molar refractivity (Wildman–Crippen MR) is 102 cm³/mol. The van der Waals surface area contributed by atoms with E-state index < -0.39 is 17.5 Å². The van der Waals surface area contributed by atoms with Crippen LogP contribution in [0.25, 0.3) is 0 Å². The van der Waals surface area contributed by atoms with Gasteiger partial charge in [-0.3, -0.25) is 0 Å². The molecular formula is C21H21ClF2O4. The Morgan fingerprint density at radius 2 is 1.50 bits per heavy atom. The van der Waals surface area contributed by atoms with Gasteiger partial charge in [-0.05, 0) is 28.8 Å². The summed E-state index contributed by atoms with van der Waals surface area (Å²) in [7, 11) is 0. The zero-order valence-electron chi connectivity index (χ0n) is 15.1. The predicted octanol–water partition coefficient (Wildman–Crippen LogP) is 4.72. The molecule has 0 fully saturated rings. The quantitative estimate of drug-likeness (QED) is 0.233. The maximum Gasteiger partial charge on any atom is 0.417 e. The molecule has 0 aromatic heterocycles. The molecule has 2 aromatic rings. The van der Waals surface area contributed by atoms with Crippen molar-refractivity contribution in [3.05, 3.63) is 83.9 Å². The highest BCUT2D eigenvalue weighted by Crippen LogP contribution is 2.21. The monoisotopic (exact) mass is 410 g/mol. The summed E-state index contributed by atoms with van der Waals surface area (Å²) < 4.78 is 41.5. The van der Waals surface area contributed by atoms with Gasteiger partial charge in [-0.25, -0.2) is 4.79 Å². The number of carbonyl (C=O) groups is 1. The van der Waals surface area contributed by atoms with Crippen LogP contribution in [0.3, 0.4) is 0 Å². The zero-order chi connectivity index (χ0) is 20.2. The van der Waals surface area contributed by atoms with Gasteiger partial charge in [0, 0.05) is 0 Å². The maximum atomic E-state index is 12.9. The Morgan fingerprint density at radius 1 is 0.964 bits per heavy atom. The summed E-state index contributed by atoms with van der Waals surface area (Å²) >= 11 is 4.71. The van der Waals surface area contributed by atoms with Gasteiger partial charge in [-0.2, -0.15) is 8.78 Å². The van der Waals surface area contributed by atoms with E-state index in [-0.39, 0.29) is 19.8 Å². The minimum Gasteiger partial charge on any atom is -0.450 e. The molecule has 0 unspecified atom stereocenters. The third-order valence-electron chi connectivity index (χ3n) is 3.56. The third-order valence-corrected chi connectivity index (χ3v) is 3.71. The number of hydrogen-bond acceptors (Lipinski definition) is 4. The fraction of sp³-hybridized carbons (Fsp3) is 0.286. The highest BCUT2D eigenvalue weighted by atomic mass is 35.5. The number of benzene rings is 2. The van der Waals surface area contributed by atoms with Crippen molar-refractivity contribution in [2.75, 3.05) is 13.2 Å². The van der Waals surface area contributed by atoms with Gasteiger partial charge >= 0.3 is 11.4 Å². The van der Waals surface area contributed by atoms with Gasteiger partial charge in [0.2, 0.25) is 0 Å². The number of halogens is 3. The second-order valence-corrected chi connectivity index (χ2v) is 6.35. The van der Waals surface area contributed by atoms with E-state index in [1.165, 1.54) is 6.08 Å². The van der Waals surface area contributed by atoms with Crippen molar-refractivity contribution in [3.63, 3.8) is 0 Å². The van der Waals surface area contributed by atoms with E-state index in [0.29, 0.717) is 6.61 Å². The molecule has 0 N–H and O–H groups in total. The van der Waals surface area contributed by atoms with Gasteiger partial charge in [0.15, 0.2) is 0 Å². The summed E-state index contributed by atoms with van der Waals surface area (Å²) in [5.41, 5.74) is 1.91. The molecule has 0 amide bonds. The minimum atomic E-state index is -4.09. The molecule has 2 aromatic carbocycles. The molecule has 0 saturated carbocycles. The number of hydrogen-bond donors (Lipinski definition) is 0. The average Bonchev–Trinajstić information content (AvgIpc) is 2.68. The molecule has 0 aliphatic rings. The van der Waals surface area contributed by atoms with E-state index in [9.17, 15) is 13.6 Å². The van der Waals surface area contributed by atoms with E-state index in [1.54, 1.807) is 6.08 Å². The smallest absolute Gasteiger partial charge is 0.417 e. The standard InChI is InChI=1S/C21H21ClF2O4/c22-21(23,24)20(25)28-19(16-27-15-18-10-5-2-6-11-18)12-7-13-26-14-17-8-3-1-4-9-17/h1-12,19H,13-16H2/b12-7+/t19-/m0/s1. The van der Waals surface area contributed by atoms with Crippen molar-refractivity contribution in [1.29, 1.82) is 0 Å². The minimum absolute atomic E-state index is 0.0945. The van der Waals surface area contributed by atoms with Gasteiger partial charge < -0.3 is 14.2 Å². The topological polar surface area (TPSA) is 44.8 Å². The summed E-state index contributed by atoms with van der Waals surface area (Å²) in [4.78, 5) is 11.4. The van der Waals surface area contributed by atoms with Gasteiger partial charge in [0.1, 0.15) is 6.10 Å². The number of rotatable bonds is 11. The van der Waals surface area contributed by atoms with Gasteiger partial charge in [0.25, 0.3) is 0 Å². The van der Waals surface area contributed by atoms with Crippen LogP contribution in [0.4, 0.5) is 8.78 Å². The van der Waals surface area contributed by atoms with Crippen LogP contribution in [0.2, 0.25) is 0 Å². The van der Waals surface area contributed by atoms with Crippen LogP contribution in [0.1, 0.15) is 11.1 Å². The molecule has 0 radical (unpaired) electrons. The first kappa shape index (κ1) is 22.0. The number of esters is 1. The van der Waals surface area contributed by atoms with E-state index in [0.717, 1.165) is 11.1 Å². The molecule has 0 aliphatic carbocycles. The summed E-state index contributed by atoms with van der Waals surface area (Å²) in [6.07, 6.45) is 2.01. The fourth-order valence-corrected chi connectivity index (χ4v) is 2.27. The summed E-state index contributed by atoms with van der Waals surface area (Å²) in [5.74, 6) is -1.82. The lowest BCUT2D eigenvalue weighted by molar-refractivity contribution is -0.167. The molecule has 0 bridgehead atoms. The lowest BCUT2D eigenvalue weighted by Crippen LogP contribution is -2.30. The van der Waals surface area contributed by atoms with Crippen LogP contribution < -0.4 is 0 Å². The van der Waals surface area contributed by atoms with Crippen molar-refractivity contribution in [2.24, 2.45) is 0 Å². The SMILES string of the molecule is O=C(O[C@@H](/C=C/COCc1ccccc1)COCc1ccccc1)C(F)(F)Cl. The van der Waals surface area contributed by atoms with Gasteiger partial charge in [0.05, 0.1) is 26.4 Å². The Labute approximate surface area is 167 Å². The van der Waals surface area contributed by atoms with Crippen molar-refractivity contribution >= 4 is 17.6 Å². The molecule has 28 heavy (non-hydrogen) atoms. The van der Waals surface area contributed by atoms with Crippen LogP contribution in [-0.2, 0) is 32.2 Å². The molecule has 0 aliphatic heterocycles. The maximum absolute atomic E-state index is 12.9. The number of ether oxygens (including phenoxy) is 3. The second-order valence-electron chi connectivity index (χ2n) is 5.87. The van der Waals surface area contributed by atoms with Crippen LogP contribution in [0, 0.1) is 0 Å². The molecule has 150 valence electrons. The lowest BCUT2D eigenvalue weighted by Gasteiger charge is -2.16.